The number of sulfonamides is 1. The second kappa shape index (κ2) is 49.7. The molecule has 5 aliphatic rings. The molecule has 758 valence electrons. The van der Waals surface area contributed by atoms with E-state index in [0.29, 0.717) is 63.5 Å². The number of likely N-dealkylation sites (tertiary alicyclic amines) is 1. The number of carboxylic acid groups (broad SMARTS) is 2. The van der Waals surface area contributed by atoms with Crippen molar-refractivity contribution in [1.82, 2.24) is 64.5 Å². The Balaban J connectivity index is 0.000000291. The fraction of sp³-hybridized carbons (Fsp3) is 0.415. The van der Waals surface area contributed by atoms with Crippen LogP contribution in [0, 0.1) is 25.7 Å². The second-order valence-electron chi connectivity index (χ2n) is 35.3. The largest absolute Gasteiger partial charge is 0.737 e. The van der Waals surface area contributed by atoms with Crippen molar-refractivity contribution in [3.63, 3.8) is 0 Å². The number of amides is 5. The summed E-state index contributed by atoms with van der Waals surface area (Å²) < 4.78 is 115. The molecule has 0 bridgehead atoms. The number of fused-ring (bicyclic) bond motifs is 5. The van der Waals surface area contributed by atoms with E-state index in [2.05, 4.69) is 119 Å². The van der Waals surface area contributed by atoms with Crippen LogP contribution in [0.2, 0.25) is 32.2 Å². The number of nitrogens with zero attached hydrogens (tertiary/aromatic N) is 10. The van der Waals surface area contributed by atoms with Gasteiger partial charge in [0.1, 0.15) is 52.6 Å². The van der Waals surface area contributed by atoms with E-state index in [1.165, 1.54) is 30.5 Å². The Kier molecular flexibility index (Phi) is 38.9. The maximum Gasteiger partial charge on any atom is 0.737 e. The molecule has 0 spiro atoms. The number of Topliss-reactive ketones (excluding diaryl/α,β-unsaturated/α-hetero) is 3. The van der Waals surface area contributed by atoms with Crippen LogP contribution in [0.25, 0.3) is 50.7 Å². The third-order valence-corrected chi connectivity index (χ3v) is 37.3. The number of carbonyl (C=O) groups is 10. The van der Waals surface area contributed by atoms with Crippen molar-refractivity contribution in [3.05, 3.63) is 171 Å². The first-order valence-electron chi connectivity index (χ1n) is 46.2. The summed E-state index contributed by atoms with van der Waals surface area (Å²) in [5.74, 6) is -10.4. The Hall–Kier alpha value is -12.8. The van der Waals surface area contributed by atoms with Gasteiger partial charge in [0.2, 0.25) is 45.0 Å². The van der Waals surface area contributed by atoms with Crippen LogP contribution in [-0.4, -0.2) is 244 Å². The van der Waals surface area contributed by atoms with Gasteiger partial charge in [-0.1, -0.05) is 17.8 Å². The molecular weight excluding hydrogens is 1950 g/mol. The predicted molar refractivity (Wildman–Crippen MR) is 536 cm³/mol. The van der Waals surface area contributed by atoms with Crippen LogP contribution in [0.3, 0.4) is 0 Å². The number of nitrogens with two attached hydrogens (primary N) is 1. The number of nitrogens with one attached hydrogen (secondary N) is 6. The number of carbonyl (C=O) groups excluding carboxylic acids is 10. The van der Waals surface area contributed by atoms with E-state index in [1.54, 1.807) is 68.1 Å². The predicted octanol–water partition coefficient (Wildman–Crippen LogP) is 9.59. The number of halogens is 2. The van der Waals surface area contributed by atoms with Gasteiger partial charge in [-0.2, -0.15) is 23.0 Å². The van der Waals surface area contributed by atoms with Crippen LogP contribution < -0.4 is 52.1 Å². The average Bonchev–Trinajstić information content (AvgIpc) is 1.35. The number of imide groups is 1. The molecule has 0 saturated carbocycles. The summed E-state index contributed by atoms with van der Waals surface area (Å²) in [5, 5.41) is 32.7. The van der Waals surface area contributed by atoms with Gasteiger partial charge in [-0.3, -0.25) is 67.2 Å². The van der Waals surface area contributed by atoms with Gasteiger partial charge in [0.25, 0.3) is 21.6 Å². The highest BCUT2D eigenvalue weighted by atomic mass is 32.2. The van der Waals surface area contributed by atoms with E-state index >= 15 is 8.63 Å². The Morgan fingerprint density at radius 2 is 1.46 bits per heavy atom. The number of carboxylic acids is 2. The first-order valence-corrected chi connectivity index (χ1v) is 57.4. The van der Waals surface area contributed by atoms with E-state index in [9.17, 15) is 84.3 Å². The summed E-state index contributed by atoms with van der Waals surface area (Å²) in [6, 6.07) is 23.9. The Morgan fingerprint density at radius 1 is 0.782 bits per heavy atom. The van der Waals surface area contributed by atoms with Gasteiger partial charge in [0.05, 0.1) is 52.9 Å². The molecule has 12 rings (SSSR count). The van der Waals surface area contributed by atoms with Gasteiger partial charge in [-0.15, -0.1) is 11.8 Å². The number of anilines is 3. The van der Waals surface area contributed by atoms with Gasteiger partial charge >= 0.3 is 25.1 Å². The van der Waals surface area contributed by atoms with Gasteiger partial charge < -0.3 is 68.2 Å². The molecular formula is C94H117BF2N17O22S4Si2+. The summed E-state index contributed by atoms with van der Waals surface area (Å²) in [4.78, 5) is 184. The number of hydrogen-bond acceptors (Lipinski definition) is 29. The zero-order chi connectivity index (χ0) is 104. The normalized spacial score (nSPS) is 14.5. The van der Waals surface area contributed by atoms with Crippen molar-refractivity contribution in [2.45, 2.75) is 191 Å². The van der Waals surface area contributed by atoms with Crippen LogP contribution in [-0.2, 0) is 83.5 Å². The zero-order valence-corrected chi connectivity index (χ0v) is 85.8. The van der Waals surface area contributed by atoms with Crippen LogP contribution in [0.1, 0.15) is 145 Å². The number of benzene rings is 4. The number of thioether (sulfide) groups is 2. The molecule has 1 fully saturated rings. The molecule has 1 saturated heterocycles. The molecule has 8 heterocycles. The maximum atomic E-state index is 15.9. The van der Waals surface area contributed by atoms with Crippen molar-refractivity contribution < 1.29 is 111 Å². The molecule has 5 amide bonds. The number of hydrogen-bond donors (Lipinski definition) is 10. The van der Waals surface area contributed by atoms with Gasteiger partial charge in [0.15, 0.2) is 44.4 Å². The van der Waals surface area contributed by atoms with Crippen molar-refractivity contribution in [2.75, 3.05) is 79.4 Å². The minimum absolute atomic E-state index is 0.0179. The lowest BCUT2D eigenvalue weighted by Gasteiger charge is -2.33. The van der Waals surface area contributed by atoms with Gasteiger partial charge in [0, 0.05) is 189 Å². The Bertz CT molecular complexity index is 6730. The number of nitrogen functional groups attached to an aromatic ring is 1. The molecule has 1 unspecified atom stereocenters. The second-order valence-corrected chi connectivity index (χ2v) is 49.8. The molecule has 11 N–H and O–H groups in total. The van der Waals surface area contributed by atoms with E-state index in [4.69, 9.17) is 23.9 Å². The number of rotatable bonds is 49. The third-order valence-electron chi connectivity index (χ3n) is 23.8. The van der Waals surface area contributed by atoms with Crippen LogP contribution in [0.5, 0.6) is 0 Å². The number of aliphatic carboxylic acids is 2. The first kappa shape index (κ1) is 111. The van der Waals surface area contributed by atoms with Crippen molar-refractivity contribution in [2.24, 2.45) is 11.8 Å². The smallest absolute Gasteiger partial charge is 0.481 e. The van der Waals surface area contributed by atoms with Gasteiger partial charge in [-0.05, 0) is 178 Å². The molecule has 4 aliphatic heterocycles. The number of aromatic nitrogens is 7. The summed E-state index contributed by atoms with van der Waals surface area (Å²) in [6.45, 7) is 20.5. The van der Waals surface area contributed by atoms with Crippen molar-refractivity contribution in [1.29, 1.82) is 0 Å². The third kappa shape index (κ3) is 29.7. The molecule has 142 heavy (non-hydrogen) atoms. The molecule has 7 aromatic rings. The SMILES string of the molecule is CCN(CC)c1ccc2c(-c3ccc(S(=O)(=O)NCCCC(=O)CCC[Si](C)(C)O[Si](C)(C)CSc4ncc(C)cn4)cc3S(=O)(=O)O)c3ccc(=[N+](CC)CC)cc-3oc2c1.CCN1C(=O)CC(SC[C@H](CC(=O)[C@H](CNC(=O)CCC2=[N+]3C(=Cc4ccc(C)n4[B-]3(F)F)C=C2)NC(=O)[C@H](CC(=O)O)CC(=O)CCCNC(=O)c2ccc(NCc3cnc4nc(N)[nH]c(=O)c4n3)cc2)C(=O)O)C1=O.O=C=O. The highest BCUT2D eigenvalue weighted by Gasteiger charge is 2.52. The topological polar surface area (TPSA) is 557 Å². The Morgan fingerprint density at radius 3 is 2.13 bits per heavy atom. The monoisotopic (exact) mass is 2070 g/mol. The minimum atomic E-state index is -4.94. The summed E-state index contributed by atoms with van der Waals surface area (Å²) in [7, 11) is -13.2. The number of H-pyrrole nitrogens is 1. The quantitative estimate of drug-likeness (QED) is 0.00248. The zero-order valence-electron chi connectivity index (χ0n) is 80.5. The molecule has 39 nitrogen and oxygen atoms in total. The highest BCUT2D eigenvalue weighted by Crippen LogP contribution is 2.44. The lowest BCUT2D eigenvalue weighted by atomic mass is 9.90. The molecule has 4 aromatic heterocycles. The fourth-order valence-corrected chi connectivity index (χ4v) is 30.3. The first-order chi connectivity index (χ1) is 67.2. The van der Waals surface area contributed by atoms with Crippen LogP contribution >= 0.6 is 23.5 Å². The molecule has 1 aliphatic carbocycles. The molecule has 0 radical (unpaired) electrons. The number of aromatic amines is 1. The number of ketones is 3. The fourth-order valence-electron chi connectivity index (χ4n) is 16.8. The van der Waals surface area contributed by atoms with E-state index in [0.717, 1.165) is 91.1 Å². The van der Waals surface area contributed by atoms with Crippen molar-refractivity contribution in [3.8, 4) is 22.5 Å². The minimum Gasteiger partial charge on any atom is -0.481 e. The summed E-state index contributed by atoms with van der Waals surface area (Å²) >= 11 is 2.49. The van der Waals surface area contributed by atoms with E-state index in [1.807, 2.05) is 55.7 Å². The lowest BCUT2D eigenvalue weighted by molar-refractivity contribution is -0.362. The summed E-state index contributed by atoms with van der Waals surface area (Å²) in [5.41, 5.74) is 11.2. The van der Waals surface area contributed by atoms with Crippen molar-refractivity contribution >= 4 is 183 Å². The van der Waals surface area contributed by atoms with Crippen LogP contribution in [0.4, 0.5) is 26.0 Å². The molecule has 4 atom stereocenters. The summed E-state index contributed by atoms with van der Waals surface area (Å²) in [6.07, 6.45) is 8.42. The Labute approximate surface area is 829 Å². The van der Waals surface area contributed by atoms with Crippen LogP contribution in [0.15, 0.2) is 152 Å². The number of aryl methyl sites for hydroxylation is 2. The standard InChI is InChI=1S/C49H55BF2N12O12S.C44H61N5O8S3Si2.CO2/c1-3-62-40(68)21-38(47(62)74)77-25-29(48(75)76)18-37(66)36(24-56-39(67)15-14-32-12-13-34-20-33-11-6-26(2)63(33)50(51,52)64(32)34)59-45(72)28(19-41(69)70)17-35(65)5-4-16-54-44(71)27-7-9-30(10-8-27)55-22-31-23-57-43-42(58-31)46(73)61-49(53)60-43;1-10-48(11-2)33-18-21-37-40(26-33)56-41-27-34(49(12-3)13-4)19-22-38(41)43(37)39-23-20-36(28-42(39)60(53,54)55)59(51,52)47-24-14-16-35(50)17-15-25-61(6,7)57-62(8,9)31-58-44-45-29-32(5)30-46-44;2-1-3/h6-13,20,23,28-29,36,38,55H,3-5,14-19,21-22,24-25H2,1-2H3,(H,54,71)(H,56,67)(H,59,72)(H,69,70)(H,75,76)(H3,53,57,60,61,73);18-23,26-30,47H,10-17,24-25,31H2,1-9H3;/p+1/t28-,29-,36-,38?;;/m0../s1. The number of allylic oxidation sites excluding steroid dienone is 2. The molecule has 48 heteroatoms. The molecule has 3 aromatic carbocycles. The average molecular weight is 2070 g/mol. The van der Waals surface area contributed by atoms with E-state index in [-0.39, 0.29) is 133 Å². The van der Waals surface area contributed by atoms with Gasteiger partial charge in [-0.25, -0.2) is 37.7 Å². The lowest BCUT2D eigenvalue weighted by Crippen LogP contribution is -2.51. The highest BCUT2D eigenvalue weighted by molar-refractivity contribution is 8.01. The maximum absolute atomic E-state index is 15.9. The van der Waals surface area contributed by atoms with E-state index < -0.39 is 156 Å².